The van der Waals surface area contributed by atoms with Crippen LogP contribution in [0.4, 0.5) is 0 Å². The summed E-state index contributed by atoms with van der Waals surface area (Å²) in [5, 5.41) is 11.1. The van der Waals surface area contributed by atoms with Crippen molar-refractivity contribution in [2.45, 2.75) is 12.8 Å². The second-order valence-corrected chi connectivity index (χ2v) is 6.36. The molecule has 0 unspecified atom stereocenters. The van der Waals surface area contributed by atoms with E-state index >= 15 is 0 Å². The standard InChI is InChI=1S/C17H12N2O3S/c20-16-13-5-3-10(8-12-2-1-7-23-12)15(13)18-14-6-4-11(17(21)22)9-19(14)16/h1-2,4,6-9H,3,5H2,(H,21,22). The number of allylic oxidation sites excluding steroid dienone is 1. The molecule has 23 heavy (non-hydrogen) atoms. The first kappa shape index (κ1) is 13.9. The van der Waals surface area contributed by atoms with E-state index in [1.54, 1.807) is 17.4 Å². The highest BCUT2D eigenvalue weighted by Gasteiger charge is 2.23. The van der Waals surface area contributed by atoms with Crippen molar-refractivity contribution in [1.29, 1.82) is 0 Å². The van der Waals surface area contributed by atoms with Crippen LogP contribution in [0, 0.1) is 0 Å². The third-order valence-electron chi connectivity index (χ3n) is 3.97. The predicted molar refractivity (Wildman–Crippen MR) is 88.9 cm³/mol. The van der Waals surface area contributed by atoms with Gasteiger partial charge in [-0.25, -0.2) is 9.78 Å². The Morgan fingerprint density at radius 3 is 2.91 bits per heavy atom. The van der Waals surface area contributed by atoms with Crippen molar-refractivity contribution in [3.05, 3.63) is 67.9 Å². The maximum atomic E-state index is 12.6. The zero-order chi connectivity index (χ0) is 16.0. The Morgan fingerprint density at radius 2 is 2.17 bits per heavy atom. The Bertz CT molecular complexity index is 1020. The number of carbonyl (C=O) groups is 1. The van der Waals surface area contributed by atoms with Crippen molar-refractivity contribution >= 4 is 34.6 Å². The minimum Gasteiger partial charge on any atom is -0.478 e. The Balaban J connectivity index is 1.92. The van der Waals surface area contributed by atoms with Crippen molar-refractivity contribution < 1.29 is 9.90 Å². The molecule has 0 aliphatic heterocycles. The molecule has 6 heteroatoms. The number of thiophene rings is 1. The molecule has 0 radical (unpaired) electrons. The molecule has 4 rings (SSSR count). The Morgan fingerprint density at radius 1 is 1.30 bits per heavy atom. The van der Waals surface area contributed by atoms with Gasteiger partial charge < -0.3 is 5.11 Å². The number of nitrogens with zero attached hydrogens (tertiary/aromatic N) is 2. The first-order valence-electron chi connectivity index (χ1n) is 7.16. The molecule has 0 amide bonds. The molecule has 3 heterocycles. The van der Waals surface area contributed by atoms with Gasteiger partial charge >= 0.3 is 5.97 Å². The molecule has 1 N–H and O–H groups in total. The van der Waals surface area contributed by atoms with Gasteiger partial charge in [-0.3, -0.25) is 9.20 Å². The largest absolute Gasteiger partial charge is 0.478 e. The normalized spacial score (nSPS) is 15.2. The molecular weight excluding hydrogens is 312 g/mol. The van der Waals surface area contributed by atoms with Crippen LogP contribution in [-0.2, 0) is 6.42 Å². The van der Waals surface area contributed by atoms with Gasteiger partial charge in [0.1, 0.15) is 5.65 Å². The first-order valence-corrected chi connectivity index (χ1v) is 8.04. The van der Waals surface area contributed by atoms with Crippen LogP contribution in [-0.4, -0.2) is 20.5 Å². The van der Waals surface area contributed by atoms with E-state index in [0.717, 1.165) is 22.6 Å². The summed E-state index contributed by atoms with van der Waals surface area (Å²) < 4.78 is 1.33. The zero-order valence-electron chi connectivity index (χ0n) is 12.0. The summed E-state index contributed by atoms with van der Waals surface area (Å²) in [6.07, 6.45) is 4.83. The molecule has 0 saturated carbocycles. The van der Waals surface area contributed by atoms with Crippen molar-refractivity contribution in [3.63, 3.8) is 0 Å². The Kier molecular flexibility index (Phi) is 3.12. The van der Waals surface area contributed by atoms with E-state index in [1.165, 1.54) is 16.7 Å². The molecule has 1 aliphatic carbocycles. The average molecular weight is 324 g/mol. The maximum Gasteiger partial charge on any atom is 0.337 e. The first-order chi connectivity index (χ1) is 11.1. The van der Waals surface area contributed by atoms with Crippen molar-refractivity contribution in [2.75, 3.05) is 0 Å². The van der Waals surface area contributed by atoms with E-state index < -0.39 is 5.97 Å². The van der Waals surface area contributed by atoms with Gasteiger partial charge in [0.2, 0.25) is 0 Å². The van der Waals surface area contributed by atoms with Gasteiger partial charge in [-0.1, -0.05) is 6.07 Å². The predicted octanol–water partition coefficient (Wildman–Crippen LogP) is 2.94. The number of pyridine rings is 1. The molecule has 0 atom stereocenters. The molecule has 0 spiro atoms. The van der Waals surface area contributed by atoms with E-state index in [-0.39, 0.29) is 11.1 Å². The van der Waals surface area contributed by atoms with Gasteiger partial charge in [0.05, 0.1) is 11.3 Å². The number of rotatable bonds is 2. The van der Waals surface area contributed by atoms with Gasteiger partial charge in [0, 0.05) is 16.6 Å². The van der Waals surface area contributed by atoms with Crippen molar-refractivity contribution in [1.82, 2.24) is 9.38 Å². The molecule has 3 aromatic rings. The maximum absolute atomic E-state index is 12.6. The highest BCUT2D eigenvalue weighted by molar-refractivity contribution is 7.10. The number of fused-ring (bicyclic) bond motifs is 2. The SMILES string of the molecule is O=C(O)c1ccc2nc3c(c(=O)n2c1)CCC3=Cc1cccs1. The third kappa shape index (κ3) is 2.27. The monoisotopic (exact) mass is 324 g/mol. The molecule has 5 nitrogen and oxygen atoms in total. The summed E-state index contributed by atoms with van der Waals surface area (Å²) in [6.45, 7) is 0. The minimum atomic E-state index is -1.06. The number of carboxylic acid groups (broad SMARTS) is 1. The van der Waals surface area contributed by atoms with Crippen LogP contribution < -0.4 is 5.56 Å². The van der Waals surface area contributed by atoms with Crippen LogP contribution in [0.1, 0.15) is 32.9 Å². The van der Waals surface area contributed by atoms with Crippen LogP contribution >= 0.6 is 11.3 Å². The summed E-state index contributed by atoms with van der Waals surface area (Å²) in [5.74, 6) is -1.06. The average Bonchev–Trinajstić information content (AvgIpc) is 3.18. The van der Waals surface area contributed by atoms with E-state index in [2.05, 4.69) is 11.1 Å². The number of aromatic carboxylic acids is 1. The summed E-state index contributed by atoms with van der Waals surface area (Å²) in [6, 6.07) is 7.06. The number of hydrogen-bond donors (Lipinski definition) is 1. The molecule has 0 aromatic carbocycles. The van der Waals surface area contributed by atoms with E-state index in [0.29, 0.717) is 17.6 Å². The van der Waals surface area contributed by atoms with E-state index in [4.69, 9.17) is 5.11 Å². The molecular formula is C17H12N2O3S. The smallest absolute Gasteiger partial charge is 0.337 e. The molecule has 0 bridgehead atoms. The van der Waals surface area contributed by atoms with Crippen LogP contribution in [0.3, 0.4) is 0 Å². The van der Waals surface area contributed by atoms with E-state index in [9.17, 15) is 9.59 Å². The van der Waals surface area contributed by atoms with E-state index in [1.807, 2.05) is 17.5 Å². The van der Waals surface area contributed by atoms with Crippen LogP contribution in [0.15, 0.2) is 40.6 Å². The molecule has 3 aromatic heterocycles. The highest BCUT2D eigenvalue weighted by Crippen LogP contribution is 2.31. The fraction of sp³-hybridized carbons (Fsp3) is 0.118. The fourth-order valence-electron chi connectivity index (χ4n) is 2.86. The fourth-order valence-corrected chi connectivity index (χ4v) is 3.54. The summed E-state index contributed by atoms with van der Waals surface area (Å²) >= 11 is 1.64. The van der Waals surface area contributed by atoms with Gasteiger partial charge in [-0.15, -0.1) is 11.3 Å². The number of hydrogen-bond acceptors (Lipinski definition) is 4. The summed E-state index contributed by atoms with van der Waals surface area (Å²) in [5.41, 5.74) is 2.83. The Hall–Kier alpha value is -2.73. The lowest BCUT2D eigenvalue weighted by atomic mass is 10.2. The lowest BCUT2D eigenvalue weighted by molar-refractivity contribution is 0.0696. The minimum absolute atomic E-state index is 0.0775. The van der Waals surface area contributed by atoms with Crippen LogP contribution in [0.25, 0.3) is 17.3 Å². The Labute approximate surface area is 135 Å². The summed E-state index contributed by atoms with van der Waals surface area (Å²) in [7, 11) is 0. The number of aromatic nitrogens is 2. The van der Waals surface area contributed by atoms with Gasteiger partial charge in [-0.05, 0) is 48.1 Å². The molecule has 1 aliphatic rings. The molecule has 0 fully saturated rings. The molecule has 114 valence electrons. The van der Waals surface area contributed by atoms with Crippen molar-refractivity contribution in [3.8, 4) is 0 Å². The van der Waals surface area contributed by atoms with Crippen molar-refractivity contribution in [2.24, 2.45) is 0 Å². The third-order valence-corrected chi connectivity index (χ3v) is 4.79. The van der Waals surface area contributed by atoms with Gasteiger partial charge in [0.25, 0.3) is 5.56 Å². The topological polar surface area (TPSA) is 71.7 Å². The zero-order valence-corrected chi connectivity index (χ0v) is 12.8. The highest BCUT2D eigenvalue weighted by atomic mass is 32.1. The second kappa shape index (κ2) is 5.17. The van der Waals surface area contributed by atoms with Crippen LogP contribution in [0.5, 0.6) is 0 Å². The van der Waals surface area contributed by atoms with Crippen LogP contribution in [0.2, 0.25) is 0 Å². The number of carboxylic acids is 1. The summed E-state index contributed by atoms with van der Waals surface area (Å²) in [4.78, 5) is 29.4. The lowest BCUT2D eigenvalue weighted by Crippen LogP contribution is -2.20. The van der Waals surface area contributed by atoms with Gasteiger partial charge in [-0.2, -0.15) is 0 Å². The second-order valence-electron chi connectivity index (χ2n) is 5.38. The van der Waals surface area contributed by atoms with Gasteiger partial charge in [0.15, 0.2) is 0 Å². The lowest BCUT2D eigenvalue weighted by Gasteiger charge is -2.06. The quantitative estimate of drug-likeness (QED) is 0.787. The molecule has 0 saturated heterocycles.